The number of ether oxygens (including phenoxy) is 1. The van der Waals surface area contributed by atoms with Crippen LogP contribution in [0.2, 0.25) is 0 Å². The van der Waals surface area contributed by atoms with Crippen molar-refractivity contribution >= 4 is 21.6 Å². The molecule has 144 valence electrons. The van der Waals surface area contributed by atoms with Crippen LogP contribution < -0.4 is 9.64 Å². The van der Waals surface area contributed by atoms with E-state index in [1.807, 2.05) is 30.3 Å². The fourth-order valence-electron chi connectivity index (χ4n) is 3.10. The first kappa shape index (κ1) is 19.4. The molecule has 27 heavy (non-hydrogen) atoms. The fourth-order valence-corrected chi connectivity index (χ4v) is 4.53. The van der Waals surface area contributed by atoms with Gasteiger partial charge >= 0.3 is 0 Å². The Morgan fingerprint density at radius 1 is 1.07 bits per heavy atom. The number of para-hydroxylation sites is 1. The quantitative estimate of drug-likeness (QED) is 0.697. The van der Waals surface area contributed by atoms with Gasteiger partial charge in [-0.2, -0.15) is 4.31 Å². The van der Waals surface area contributed by atoms with Crippen molar-refractivity contribution in [2.24, 2.45) is 0 Å². The summed E-state index contributed by atoms with van der Waals surface area (Å²) in [7, 11) is -3.61. The molecule has 0 unspecified atom stereocenters. The smallest absolute Gasteiger partial charge is 0.243 e. The maximum atomic E-state index is 12.9. The number of nitrogens with zero attached hydrogens (tertiary/aromatic N) is 2. The summed E-state index contributed by atoms with van der Waals surface area (Å²) in [6.07, 6.45) is 1.38. The molecule has 7 heteroatoms. The van der Waals surface area contributed by atoms with E-state index in [9.17, 15) is 13.2 Å². The molecule has 0 bridgehead atoms. The van der Waals surface area contributed by atoms with Gasteiger partial charge in [0.2, 0.25) is 15.9 Å². The number of hydrogen-bond acceptors (Lipinski definition) is 4. The number of benzene rings is 2. The third-order valence-electron chi connectivity index (χ3n) is 4.56. The van der Waals surface area contributed by atoms with Crippen molar-refractivity contribution < 1.29 is 17.9 Å². The predicted octanol–water partition coefficient (Wildman–Crippen LogP) is 2.90. The maximum Gasteiger partial charge on any atom is 0.243 e. The minimum Gasteiger partial charge on any atom is -0.492 e. The lowest BCUT2D eigenvalue weighted by Gasteiger charge is -2.21. The van der Waals surface area contributed by atoms with Crippen LogP contribution in [-0.2, 0) is 14.8 Å². The molecule has 3 rings (SSSR count). The van der Waals surface area contributed by atoms with Gasteiger partial charge in [-0.15, -0.1) is 0 Å². The van der Waals surface area contributed by atoms with Gasteiger partial charge in [0.1, 0.15) is 12.4 Å². The SMILES string of the molecule is CCN(CCOc1ccccc1)S(=O)(=O)c1ccc(N2CCCC2=O)cc1. The lowest BCUT2D eigenvalue weighted by Crippen LogP contribution is -2.34. The second-order valence-corrected chi connectivity index (χ2v) is 8.24. The van der Waals surface area contributed by atoms with E-state index in [-0.39, 0.29) is 24.0 Å². The molecule has 1 aliphatic heterocycles. The average Bonchev–Trinajstić information content (AvgIpc) is 3.12. The van der Waals surface area contributed by atoms with Gasteiger partial charge < -0.3 is 9.64 Å². The third kappa shape index (κ3) is 4.48. The molecule has 0 spiro atoms. The number of carbonyl (C=O) groups is 1. The van der Waals surface area contributed by atoms with Gasteiger partial charge in [0.05, 0.1) is 4.90 Å². The van der Waals surface area contributed by atoms with Crippen molar-refractivity contribution in [3.05, 3.63) is 54.6 Å². The summed E-state index contributed by atoms with van der Waals surface area (Å²) in [6, 6.07) is 15.8. The van der Waals surface area contributed by atoms with Crippen molar-refractivity contribution in [1.29, 1.82) is 0 Å². The van der Waals surface area contributed by atoms with E-state index in [0.29, 0.717) is 25.3 Å². The number of anilines is 1. The first-order valence-corrected chi connectivity index (χ1v) is 10.5. The number of hydrogen-bond donors (Lipinski definition) is 0. The Hall–Kier alpha value is -2.38. The molecule has 0 saturated carbocycles. The third-order valence-corrected chi connectivity index (χ3v) is 6.55. The van der Waals surface area contributed by atoms with Crippen LogP contribution >= 0.6 is 0 Å². The molecule has 0 atom stereocenters. The molecule has 0 N–H and O–H groups in total. The molecule has 1 aliphatic rings. The lowest BCUT2D eigenvalue weighted by molar-refractivity contribution is -0.117. The Balaban J connectivity index is 1.66. The Labute approximate surface area is 160 Å². The molecule has 1 saturated heterocycles. The van der Waals surface area contributed by atoms with Crippen LogP contribution in [0, 0.1) is 0 Å². The van der Waals surface area contributed by atoms with Crippen LogP contribution in [0.1, 0.15) is 19.8 Å². The molecular formula is C20H24N2O4S. The van der Waals surface area contributed by atoms with Crippen molar-refractivity contribution in [2.75, 3.05) is 31.1 Å². The molecule has 0 aliphatic carbocycles. The predicted molar refractivity (Wildman–Crippen MR) is 104 cm³/mol. The zero-order valence-corrected chi connectivity index (χ0v) is 16.2. The molecule has 1 heterocycles. The Bertz CT molecular complexity index is 867. The minimum absolute atomic E-state index is 0.0823. The summed E-state index contributed by atoms with van der Waals surface area (Å²) in [6.45, 7) is 3.38. The highest BCUT2D eigenvalue weighted by atomic mass is 32.2. The van der Waals surface area contributed by atoms with Gasteiger partial charge in [-0.05, 0) is 42.8 Å². The van der Waals surface area contributed by atoms with E-state index in [1.54, 1.807) is 36.1 Å². The van der Waals surface area contributed by atoms with Crippen LogP contribution in [0.3, 0.4) is 0 Å². The van der Waals surface area contributed by atoms with Gasteiger partial charge in [0.25, 0.3) is 0 Å². The van der Waals surface area contributed by atoms with E-state index in [1.165, 1.54) is 4.31 Å². The largest absolute Gasteiger partial charge is 0.492 e. The Morgan fingerprint density at radius 2 is 1.78 bits per heavy atom. The summed E-state index contributed by atoms with van der Waals surface area (Å²) in [5.74, 6) is 0.796. The Morgan fingerprint density at radius 3 is 2.37 bits per heavy atom. The zero-order chi connectivity index (χ0) is 19.3. The van der Waals surface area contributed by atoms with E-state index in [0.717, 1.165) is 12.1 Å². The second kappa shape index (κ2) is 8.54. The number of likely N-dealkylation sites (N-methyl/N-ethyl adjacent to an activating group) is 1. The number of rotatable bonds is 8. The minimum atomic E-state index is -3.61. The average molecular weight is 388 g/mol. The summed E-state index contributed by atoms with van der Waals surface area (Å²) in [5.41, 5.74) is 0.743. The van der Waals surface area contributed by atoms with Gasteiger partial charge in [-0.3, -0.25) is 4.79 Å². The maximum absolute atomic E-state index is 12.9. The molecule has 6 nitrogen and oxygen atoms in total. The summed E-state index contributed by atoms with van der Waals surface area (Å²) in [5, 5.41) is 0. The highest BCUT2D eigenvalue weighted by molar-refractivity contribution is 7.89. The van der Waals surface area contributed by atoms with Crippen LogP contribution in [0.15, 0.2) is 59.5 Å². The van der Waals surface area contributed by atoms with Crippen molar-refractivity contribution in [3.8, 4) is 5.75 Å². The first-order chi connectivity index (χ1) is 13.0. The molecule has 0 aromatic heterocycles. The van der Waals surface area contributed by atoms with Gasteiger partial charge in [0, 0.05) is 31.7 Å². The standard InChI is InChI=1S/C20H24N2O4S/c1-2-21(15-16-26-18-7-4-3-5-8-18)27(24,25)19-12-10-17(11-13-19)22-14-6-9-20(22)23/h3-5,7-8,10-13H,2,6,9,14-16H2,1H3. The second-order valence-electron chi connectivity index (χ2n) is 6.30. The lowest BCUT2D eigenvalue weighted by atomic mass is 10.3. The molecule has 1 fully saturated rings. The molecule has 2 aromatic carbocycles. The topological polar surface area (TPSA) is 66.9 Å². The number of sulfonamides is 1. The highest BCUT2D eigenvalue weighted by Gasteiger charge is 2.25. The van der Waals surface area contributed by atoms with Crippen LogP contribution in [-0.4, -0.2) is 44.9 Å². The summed E-state index contributed by atoms with van der Waals surface area (Å²) < 4.78 is 32.8. The van der Waals surface area contributed by atoms with Crippen LogP contribution in [0.5, 0.6) is 5.75 Å². The van der Waals surface area contributed by atoms with E-state index in [4.69, 9.17) is 4.74 Å². The number of amides is 1. The fraction of sp³-hybridized carbons (Fsp3) is 0.350. The van der Waals surface area contributed by atoms with Crippen molar-refractivity contribution in [3.63, 3.8) is 0 Å². The van der Waals surface area contributed by atoms with Crippen LogP contribution in [0.25, 0.3) is 0 Å². The van der Waals surface area contributed by atoms with Gasteiger partial charge in [-0.1, -0.05) is 25.1 Å². The van der Waals surface area contributed by atoms with Gasteiger partial charge in [-0.25, -0.2) is 8.42 Å². The monoisotopic (exact) mass is 388 g/mol. The summed E-state index contributed by atoms with van der Waals surface area (Å²) >= 11 is 0. The highest BCUT2D eigenvalue weighted by Crippen LogP contribution is 2.24. The van der Waals surface area contributed by atoms with E-state index in [2.05, 4.69) is 0 Å². The summed E-state index contributed by atoms with van der Waals surface area (Å²) in [4.78, 5) is 13.7. The molecule has 0 radical (unpaired) electrons. The van der Waals surface area contributed by atoms with E-state index < -0.39 is 10.0 Å². The first-order valence-electron chi connectivity index (χ1n) is 9.11. The van der Waals surface area contributed by atoms with Crippen molar-refractivity contribution in [2.45, 2.75) is 24.7 Å². The van der Waals surface area contributed by atoms with Crippen molar-refractivity contribution in [1.82, 2.24) is 4.31 Å². The Kier molecular flexibility index (Phi) is 6.13. The van der Waals surface area contributed by atoms with E-state index >= 15 is 0 Å². The molecule has 1 amide bonds. The van der Waals surface area contributed by atoms with Crippen LogP contribution in [0.4, 0.5) is 5.69 Å². The molecule has 2 aromatic rings. The molecular weight excluding hydrogens is 364 g/mol. The zero-order valence-electron chi connectivity index (χ0n) is 15.4. The number of carbonyl (C=O) groups excluding carboxylic acids is 1. The van der Waals surface area contributed by atoms with Gasteiger partial charge in [0.15, 0.2) is 0 Å². The normalized spacial score (nSPS) is 14.7.